The molecule has 2 aromatic rings. The average molecular weight is 368 g/mol. The Morgan fingerprint density at radius 1 is 0.680 bits per heavy atom. The van der Waals surface area contributed by atoms with Crippen LogP contribution in [0.2, 0.25) is 0 Å². The standard InChI is InChI=1S/C15H10F6O4/c16-13(7-4-2-1-3-5-7,14(17,18)15(19,20)21)8-6-9(22)11(24)12(25)10(8)23/h1-6,22-25H. The van der Waals surface area contributed by atoms with Crippen molar-refractivity contribution in [3.8, 4) is 23.0 Å². The van der Waals surface area contributed by atoms with Crippen molar-refractivity contribution < 1.29 is 46.8 Å². The molecule has 0 aromatic heterocycles. The van der Waals surface area contributed by atoms with Gasteiger partial charge < -0.3 is 20.4 Å². The van der Waals surface area contributed by atoms with Crippen LogP contribution in [0.3, 0.4) is 0 Å². The smallest absolute Gasteiger partial charge is 0.457 e. The third kappa shape index (κ3) is 2.57. The van der Waals surface area contributed by atoms with Gasteiger partial charge in [-0.15, -0.1) is 0 Å². The fraction of sp³-hybridized carbons (Fsp3) is 0.200. The van der Waals surface area contributed by atoms with Crippen LogP contribution in [0.1, 0.15) is 11.1 Å². The maximum atomic E-state index is 15.3. The largest absolute Gasteiger partial charge is 0.504 e. The van der Waals surface area contributed by atoms with E-state index in [1.807, 2.05) is 0 Å². The molecule has 1 atom stereocenters. The van der Waals surface area contributed by atoms with Gasteiger partial charge in [-0.05, 0) is 6.07 Å². The molecule has 4 N–H and O–H groups in total. The van der Waals surface area contributed by atoms with Crippen LogP contribution in [0.5, 0.6) is 23.0 Å². The van der Waals surface area contributed by atoms with Gasteiger partial charge in [0.2, 0.25) is 17.2 Å². The van der Waals surface area contributed by atoms with Crippen molar-refractivity contribution in [3.05, 3.63) is 47.5 Å². The van der Waals surface area contributed by atoms with Crippen molar-refractivity contribution in [2.45, 2.75) is 17.8 Å². The molecule has 0 aliphatic heterocycles. The molecular formula is C15H10F6O4. The van der Waals surface area contributed by atoms with E-state index in [9.17, 15) is 42.4 Å². The third-order valence-corrected chi connectivity index (χ3v) is 3.56. The second-order valence-corrected chi connectivity index (χ2v) is 5.09. The van der Waals surface area contributed by atoms with Crippen LogP contribution in [0.25, 0.3) is 0 Å². The van der Waals surface area contributed by atoms with Crippen LogP contribution in [-0.2, 0) is 5.67 Å². The minimum Gasteiger partial charge on any atom is -0.504 e. The minimum absolute atomic E-state index is 0.0168. The van der Waals surface area contributed by atoms with Crippen LogP contribution < -0.4 is 0 Å². The van der Waals surface area contributed by atoms with Crippen LogP contribution in [0, 0.1) is 0 Å². The van der Waals surface area contributed by atoms with Crippen LogP contribution in [-0.4, -0.2) is 32.5 Å². The van der Waals surface area contributed by atoms with Crippen molar-refractivity contribution in [2.24, 2.45) is 0 Å². The molecule has 2 aromatic carbocycles. The highest BCUT2D eigenvalue weighted by Crippen LogP contribution is 2.59. The van der Waals surface area contributed by atoms with E-state index in [0.29, 0.717) is 12.1 Å². The molecular weight excluding hydrogens is 358 g/mol. The van der Waals surface area contributed by atoms with Gasteiger partial charge in [-0.3, -0.25) is 0 Å². The molecule has 0 saturated heterocycles. The molecule has 25 heavy (non-hydrogen) atoms. The van der Waals surface area contributed by atoms with E-state index in [-0.39, 0.29) is 6.07 Å². The monoisotopic (exact) mass is 368 g/mol. The fourth-order valence-electron chi connectivity index (χ4n) is 2.27. The van der Waals surface area contributed by atoms with Gasteiger partial charge in [-0.2, -0.15) is 22.0 Å². The van der Waals surface area contributed by atoms with Crippen LogP contribution >= 0.6 is 0 Å². The van der Waals surface area contributed by atoms with Crippen molar-refractivity contribution >= 4 is 0 Å². The van der Waals surface area contributed by atoms with Gasteiger partial charge in [0.25, 0.3) is 0 Å². The van der Waals surface area contributed by atoms with Crippen LogP contribution in [0.4, 0.5) is 26.3 Å². The van der Waals surface area contributed by atoms with Crippen molar-refractivity contribution in [1.82, 2.24) is 0 Å². The number of phenols is 4. The number of halogens is 6. The van der Waals surface area contributed by atoms with E-state index in [4.69, 9.17) is 0 Å². The molecule has 136 valence electrons. The number of phenolic OH excluding ortho intramolecular Hbond substituents is 4. The Morgan fingerprint density at radius 2 is 1.20 bits per heavy atom. The first-order valence-corrected chi connectivity index (χ1v) is 6.52. The Balaban J connectivity index is 2.93. The zero-order valence-electron chi connectivity index (χ0n) is 12.0. The number of aromatic hydroxyl groups is 4. The topological polar surface area (TPSA) is 80.9 Å². The third-order valence-electron chi connectivity index (χ3n) is 3.56. The lowest BCUT2D eigenvalue weighted by molar-refractivity contribution is -0.323. The molecule has 1 unspecified atom stereocenters. The maximum Gasteiger partial charge on any atom is 0.457 e. The summed E-state index contributed by atoms with van der Waals surface area (Å²) in [7, 11) is 0. The summed E-state index contributed by atoms with van der Waals surface area (Å²) >= 11 is 0. The number of hydrogen-bond acceptors (Lipinski definition) is 4. The predicted octanol–water partition coefficient (Wildman–Crippen LogP) is 3.92. The quantitative estimate of drug-likeness (QED) is 0.376. The summed E-state index contributed by atoms with van der Waals surface area (Å²) < 4.78 is 82.1. The highest BCUT2D eigenvalue weighted by molar-refractivity contribution is 5.63. The lowest BCUT2D eigenvalue weighted by Crippen LogP contribution is -2.53. The Kier molecular flexibility index (Phi) is 4.19. The molecule has 4 nitrogen and oxygen atoms in total. The zero-order chi connectivity index (χ0) is 19.2. The Labute approximate surface area is 136 Å². The molecule has 0 heterocycles. The average Bonchev–Trinajstić information content (AvgIpc) is 2.55. The van der Waals surface area contributed by atoms with Gasteiger partial charge in [-0.1, -0.05) is 30.3 Å². The lowest BCUT2D eigenvalue weighted by Gasteiger charge is -2.35. The van der Waals surface area contributed by atoms with E-state index in [1.165, 1.54) is 6.07 Å². The summed E-state index contributed by atoms with van der Waals surface area (Å²) in [5.41, 5.74) is -7.68. The SMILES string of the molecule is Oc1cc(C(F)(c2ccccc2)C(F)(F)C(F)(F)F)c(O)c(O)c1O. The van der Waals surface area contributed by atoms with Crippen molar-refractivity contribution in [1.29, 1.82) is 0 Å². The molecule has 0 amide bonds. The molecule has 2 rings (SSSR count). The van der Waals surface area contributed by atoms with Gasteiger partial charge in [0.15, 0.2) is 11.5 Å². The van der Waals surface area contributed by atoms with E-state index < -0.39 is 51.9 Å². The second-order valence-electron chi connectivity index (χ2n) is 5.09. The first-order valence-electron chi connectivity index (χ1n) is 6.52. The number of rotatable bonds is 3. The lowest BCUT2D eigenvalue weighted by atomic mass is 9.81. The molecule has 0 aliphatic rings. The summed E-state index contributed by atoms with van der Waals surface area (Å²) in [6, 6.07) is 4.39. The number of hydrogen-bond donors (Lipinski definition) is 4. The molecule has 0 radical (unpaired) electrons. The van der Waals surface area contributed by atoms with Gasteiger partial charge in [0.1, 0.15) is 0 Å². The Morgan fingerprint density at radius 3 is 1.68 bits per heavy atom. The molecule has 0 bridgehead atoms. The summed E-state index contributed by atoms with van der Waals surface area (Å²) in [5, 5.41) is 37.6. The molecule has 10 heteroatoms. The maximum absolute atomic E-state index is 15.3. The van der Waals surface area contributed by atoms with Gasteiger partial charge in [0, 0.05) is 11.1 Å². The first-order chi connectivity index (χ1) is 11.4. The highest BCUT2D eigenvalue weighted by Gasteiger charge is 2.73. The molecule has 0 spiro atoms. The highest BCUT2D eigenvalue weighted by atomic mass is 19.4. The summed E-state index contributed by atoms with van der Waals surface area (Å²) in [6.45, 7) is 0. The summed E-state index contributed by atoms with van der Waals surface area (Å²) in [4.78, 5) is 0. The van der Waals surface area contributed by atoms with Gasteiger partial charge in [0.05, 0.1) is 0 Å². The van der Waals surface area contributed by atoms with Gasteiger partial charge in [-0.25, -0.2) is 4.39 Å². The van der Waals surface area contributed by atoms with E-state index in [1.54, 1.807) is 0 Å². The normalized spacial score (nSPS) is 15.0. The minimum atomic E-state index is -6.38. The Bertz CT molecular complexity index is 791. The van der Waals surface area contributed by atoms with Gasteiger partial charge >= 0.3 is 12.1 Å². The van der Waals surface area contributed by atoms with E-state index in [0.717, 1.165) is 12.1 Å². The zero-order valence-corrected chi connectivity index (χ0v) is 12.0. The summed E-state index contributed by atoms with van der Waals surface area (Å²) in [5.74, 6) is -12.3. The van der Waals surface area contributed by atoms with E-state index >= 15 is 4.39 Å². The second kappa shape index (κ2) is 5.64. The van der Waals surface area contributed by atoms with Crippen molar-refractivity contribution in [2.75, 3.05) is 0 Å². The van der Waals surface area contributed by atoms with Crippen molar-refractivity contribution in [3.63, 3.8) is 0 Å². The molecule has 0 saturated carbocycles. The van der Waals surface area contributed by atoms with E-state index in [2.05, 4.69) is 0 Å². The Hall–Kier alpha value is -2.78. The number of alkyl halides is 6. The number of benzene rings is 2. The predicted molar refractivity (Wildman–Crippen MR) is 72.4 cm³/mol. The molecule has 0 fully saturated rings. The molecule has 0 aliphatic carbocycles. The first kappa shape index (κ1) is 18.6. The van der Waals surface area contributed by atoms with Crippen LogP contribution in [0.15, 0.2) is 36.4 Å². The summed E-state index contributed by atoms with van der Waals surface area (Å²) in [6.07, 6.45) is -6.38. The fourth-order valence-corrected chi connectivity index (χ4v) is 2.27.